The lowest BCUT2D eigenvalue weighted by Gasteiger charge is -2.21. The average Bonchev–Trinajstić information content (AvgIpc) is 2.99. The Morgan fingerprint density at radius 1 is 1.37 bits per heavy atom. The second-order valence-electron chi connectivity index (χ2n) is 5.78. The van der Waals surface area contributed by atoms with Crippen LogP contribution in [0.4, 0.5) is 5.69 Å². The molecule has 1 aliphatic rings. The van der Waals surface area contributed by atoms with Gasteiger partial charge in [-0.15, -0.1) is 0 Å². The highest BCUT2D eigenvalue weighted by Crippen LogP contribution is 2.29. The van der Waals surface area contributed by atoms with E-state index in [1.165, 1.54) is 25.7 Å². The summed E-state index contributed by atoms with van der Waals surface area (Å²) in [5, 5.41) is 9.17. The Labute approximate surface area is 114 Å². The summed E-state index contributed by atoms with van der Waals surface area (Å²) in [4.78, 5) is 4.52. The number of hydrogen-bond donors (Lipinski definition) is 1. The van der Waals surface area contributed by atoms with Crippen LogP contribution in [-0.4, -0.2) is 20.8 Å². The Morgan fingerprint density at radius 2 is 2.11 bits per heavy atom. The Balaban J connectivity index is 1.82. The fourth-order valence-electron chi connectivity index (χ4n) is 3.22. The number of aryl methyl sites for hydroxylation is 2. The van der Waals surface area contributed by atoms with Crippen LogP contribution in [0.25, 0.3) is 11.0 Å². The van der Waals surface area contributed by atoms with Gasteiger partial charge < -0.3 is 5.32 Å². The first kappa shape index (κ1) is 12.5. The van der Waals surface area contributed by atoms with Gasteiger partial charge in [-0.2, -0.15) is 5.10 Å². The standard InChI is InChI=1S/C15H22N4/c1-10(12-6-4-5-7-12)17-13-8-14-11(2)18-19(3)15(14)16-9-13/h8-10,12,17H,4-7H2,1-3H3. The molecular weight excluding hydrogens is 236 g/mol. The van der Waals surface area contributed by atoms with Crippen molar-refractivity contribution < 1.29 is 0 Å². The van der Waals surface area contributed by atoms with Crippen molar-refractivity contribution in [1.82, 2.24) is 14.8 Å². The van der Waals surface area contributed by atoms with Crippen LogP contribution in [0.3, 0.4) is 0 Å². The van der Waals surface area contributed by atoms with Crippen molar-refractivity contribution in [2.24, 2.45) is 13.0 Å². The number of rotatable bonds is 3. The monoisotopic (exact) mass is 258 g/mol. The molecule has 2 aromatic heterocycles. The van der Waals surface area contributed by atoms with E-state index in [0.717, 1.165) is 28.3 Å². The fourth-order valence-corrected chi connectivity index (χ4v) is 3.22. The Bertz CT molecular complexity index is 581. The third-order valence-corrected chi connectivity index (χ3v) is 4.36. The predicted molar refractivity (Wildman–Crippen MR) is 78.3 cm³/mol. The fraction of sp³-hybridized carbons (Fsp3) is 0.600. The van der Waals surface area contributed by atoms with Gasteiger partial charge in [0, 0.05) is 18.5 Å². The van der Waals surface area contributed by atoms with Crippen molar-refractivity contribution in [1.29, 1.82) is 0 Å². The predicted octanol–water partition coefficient (Wildman–Crippen LogP) is 3.27. The molecule has 1 N–H and O–H groups in total. The first-order valence-corrected chi connectivity index (χ1v) is 7.21. The van der Waals surface area contributed by atoms with Crippen LogP contribution in [0.2, 0.25) is 0 Å². The summed E-state index contributed by atoms with van der Waals surface area (Å²) in [6.45, 7) is 4.32. The minimum absolute atomic E-state index is 0.527. The zero-order valence-corrected chi connectivity index (χ0v) is 12.0. The van der Waals surface area contributed by atoms with E-state index in [-0.39, 0.29) is 0 Å². The maximum Gasteiger partial charge on any atom is 0.157 e. The summed E-state index contributed by atoms with van der Waals surface area (Å²) in [6, 6.07) is 2.70. The van der Waals surface area contributed by atoms with Gasteiger partial charge in [0.2, 0.25) is 0 Å². The van der Waals surface area contributed by atoms with E-state index in [1.54, 1.807) is 0 Å². The van der Waals surface area contributed by atoms with Crippen molar-refractivity contribution in [3.8, 4) is 0 Å². The Hall–Kier alpha value is -1.58. The van der Waals surface area contributed by atoms with Crippen LogP contribution >= 0.6 is 0 Å². The molecule has 2 aromatic rings. The van der Waals surface area contributed by atoms with Crippen molar-refractivity contribution in [3.63, 3.8) is 0 Å². The van der Waals surface area contributed by atoms with E-state index >= 15 is 0 Å². The molecule has 0 radical (unpaired) electrons. The molecule has 4 nitrogen and oxygen atoms in total. The van der Waals surface area contributed by atoms with Gasteiger partial charge in [-0.25, -0.2) is 4.98 Å². The van der Waals surface area contributed by atoms with Gasteiger partial charge in [-0.05, 0) is 38.7 Å². The first-order valence-electron chi connectivity index (χ1n) is 7.21. The molecule has 0 spiro atoms. The summed E-state index contributed by atoms with van der Waals surface area (Å²) < 4.78 is 1.84. The maximum absolute atomic E-state index is 4.52. The number of anilines is 1. The normalized spacial score (nSPS) is 18.1. The van der Waals surface area contributed by atoms with Crippen LogP contribution < -0.4 is 5.32 Å². The number of nitrogens with zero attached hydrogens (tertiary/aromatic N) is 3. The largest absolute Gasteiger partial charge is 0.381 e. The molecule has 1 aliphatic carbocycles. The second-order valence-corrected chi connectivity index (χ2v) is 5.78. The minimum Gasteiger partial charge on any atom is -0.381 e. The molecule has 1 unspecified atom stereocenters. The molecule has 1 fully saturated rings. The molecule has 4 heteroatoms. The van der Waals surface area contributed by atoms with E-state index in [4.69, 9.17) is 0 Å². The van der Waals surface area contributed by atoms with Crippen LogP contribution in [-0.2, 0) is 7.05 Å². The molecule has 0 amide bonds. The van der Waals surface area contributed by atoms with E-state index in [1.807, 2.05) is 24.9 Å². The Morgan fingerprint density at radius 3 is 2.84 bits per heavy atom. The molecule has 19 heavy (non-hydrogen) atoms. The zero-order valence-electron chi connectivity index (χ0n) is 12.0. The third-order valence-electron chi connectivity index (χ3n) is 4.36. The minimum atomic E-state index is 0.527. The van der Waals surface area contributed by atoms with E-state index < -0.39 is 0 Å². The van der Waals surface area contributed by atoms with Crippen LogP contribution in [0.15, 0.2) is 12.3 Å². The van der Waals surface area contributed by atoms with E-state index in [0.29, 0.717) is 6.04 Å². The van der Waals surface area contributed by atoms with Crippen molar-refractivity contribution in [2.75, 3.05) is 5.32 Å². The molecule has 0 aliphatic heterocycles. The highest BCUT2D eigenvalue weighted by molar-refractivity contribution is 5.81. The van der Waals surface area contributed by atoms with Crippen LogP contribution in [0.1, 0.15) is 38.3 Å². The van der Waals surface area contributed by atoms with Crippen molar-refractivity contribution in [3.05, 3.63) is 18.0 Å². The third kappa shape index (κ3) is 2.31. The van der Waals surface area contributed by atoms with Gasteiger partial charge in [-0.3, -0.25) is 4.68 Å². The highest BCUT2D eigenvalue weighted by atomic mass is 15.3. The number of hydrogen-bond acceptors (Lipinski definition) is 3. The molecule has 1 saturated carbocycles. The van der Waals surface area contributed by atoms with E-state index in [9.17, 15) is 0 Å². The van der Waals surface area contributed by atoms with Gasteiger partial charge >= 0.3 is 0 Å². The lowest BCUT2D eigenvalue weighted by atomic mass is 9.99. The Kier molecular flexibility index (Phi) is 3.17. The summed E-state index contributed by atoms with van der Waals surface area (Å²) in [5.74, 6) is 0.811. The number of pyridine rings is 1. The van der Waals surface area contributed by atoms with Crippen LogP contribution in [0.5, 0.6) is 0 Å². The molecule has 0 saturated heterocycles. The maximum atomic E-state index is 4.52. The van der Waals surface area contributed by atoms with Crippen LogP contribution in [0, 0.1) is 12.8 Å². The lowest BCUT2D eigenvalue weighted by molar-refractivity contribution is 0.482. The topological polar surface area (TPSA) is 42.7 Å². The van der Waals surface area contributed by atoms with Gasteiger partial charge in [0.05, 0.1) is 17.6 Å². The highest BCUT2D eigenvalue weighted by Gasteiger charge is 2.21. The van der Waals surface area contributed by atoms with Crippen molar-refractivity contribution in [2.45, 2.75) is 45.6 Å². The number of nitrogens with one attached hydrogen (secondary N) is 1. The summed E-state index contributed by atoms with van der Waals surface area (Å²) in [6.07, 6.45) is 7.41. The smallest absolute Gasteiger partial charge is 0.157 e. The summed E-state index contributed by atoms with van der Waals surface area (Å²) in [7, 11) is 1.94. The summed E-state index contributed by atoms with van der Waals surface area (Å²) >= 11 is 0. The molecule has 0 aromatic carbocycles. The molecule has 1 atom stereocenters. The zero-order chi connectivity index (χ0) is 13.4. The second kappa shape index (κ2) is 4.83. The molecule has 0 bridgehead atoms. The lowest BCUT2D eigenvalue weighted by Crippen LogP contribution is -2.23. The van der Waals surface area contributed by atoms with Gasteiger partial charge in [-0.1, -0.05) is 12.8 Å². The molecule has 2 heterocycles. The summed E-state index contributed by atoms with van der Waals surface area (Å²) in [5.41, 5.74) is 3.11. The first-order chi connectivity index (χ1) is 9.15. The quantitative estimate of drug-likeness (QED) is 0.918. The number of fused-ring (bicyclic) bond motifs is 1. The SMILES string of the molecule is Cc1nn(C)c2ncc(NC(C)C3CCCC3)cc12. The van der Waals surface area contributed by atoms with Gasteiger partial charge in [0.25, 0.3) is 0 Å². The molecule has 3 rings (SSSR count). The molecule has 102 valence electrons. The molecular formula is C15H22N4. The number of aromatic nitrogens is 3. The van der Waals surface area contributed by atoms with Gasteiger partial charge in [0.15, 0.2) is 5.65 Å². The van der Waals surface area contributed by atoms with Gasteiger partial charge in [0.1, 0.15) is 0 Å². The average molecular weight is 258 g/mol. The van der Waals surface area contributed by atoms with E-state index in [2.05, 4.69) is 28.4 Å². The van der Waals surface area contributed by atoms with Crippen molar-refractivity contribution >= 4 is 16.7 Å².